The maximum atomic E-state index is 13.4. The highest BCUT2D eigenvalue weighted by molar-refractivity contribution is 7.92. The molecule has 1 N–H and O–H groups in total. The van der Waals surface area contributed by atoms with Crippen LogP contribution >= 0.6 is 0 Å². The van der Waals surface area contributed by atoms with Crippen molar-refractivity contribution in [3.05, 3.63) is 80.6 Å². The van der Waals surface area contributed by atoms with Crippen molar-refractivity contribution in [3.8, 4) is 11.4 Å². The number of hydrogen-bond acceptors (Lipinski definition) is 6. The molecule has 0 unspecified atom stereocenters. The van der Waals surface area contributed by atoms with Crippen LogP contribution in [0.1, 0.15) is 36.7 Å². The van der Waals surface area contributed by atoms with E-state index in [4.69, 9.17) is 4.74 Å². The van der Waals surface area contributed by atoms with Gasteiger partial charge in [-0.05, 0) is 41.8 Å². The van der Waals surface area contributed by atoms with E-state index in [-0.39, 0.29) is 5.56 Å². The highest BCUT2D eigenvalue weighted by atomic mass is 32.2. The van der Waals surface area contributed by atoms with Crippen molar-refractivity contribution in [1.82, 2.24) is 9.13 Å². The SMILES string of the molecule is COc1c(C(=O)Nc2ccc(N(C)S(C)(=O)=O)cc2)cc(-n2ccc(=O)n(C)c2=O)cc1C(C)(C)C. The third-order valence-electron chi connectivity index (χ3n) is 5.78. The Morgan fingerprint density at radius 3 is 2.19 bits per heavy atom. The van der Waals surface area contributed by atoms with Crippen molar-refractivity contribution in [2.75, 3.05) is 30.0 Å². The van der Waals surface area contributed by atoms with E-state index in [1.807, 2.05) is 20.8 Å². The van der Waals surface area contributed by atoms with Crippen molar-refractivity contribution in [1.29, 1.82) is 0 Å². The molecule has 0 saturated heterocycles. The summed E-state index contributed by atoms with van der Waals surface area (Å²) in [7, 11) is 0.867. The van der Waals surface area contributed by atoms with E-state index in [0.717, 1.165) is 15.1 Å². The molecule has 0 saturated carbocycles. The first-order chi connectivity index (χ1) is 16.6. The van der Waals surface area contributed by atoms with Crippen LogP contribution in [-0.4, -0.2) is 43.9 Å². The zero-order valence-corrected chi connectivity index (χ0v) is 22.1. The summed E-state index contributed by atoms with van der Waals surface area (Å²) in [6.07, 6.45) is 2.47. The van der Waals surface area contributed by atoms with E-state index in [0.29, 0.717) is 28.4 Å². The molecule has 0 aliphatic carbocycles. The molecule has 2 aromatic carbocycles. The van der Waals surface area contributed by atoms with E-state index in [1.165, 1.54) is 44.1 Å². The van der Waals surface area contributed by atoms with Gasteiger partial charge >= 0.3 is 5.69 Å². The molecule has 0 fully saturated rings. The van der Waals surface area contributed by atoms with Crippen LogP contribution in [-0.2, 0) is 22.5 Å². The van der Waals surface area contributed by atoms with Crippen molar-refractivity contribution in [2.45, 2.75) is 26.2 Å². The average Bonchev–Trinajstić information content (AvgIpc) is 2.80. The van der Waals surface area contributed by atoms with Crippen LogP contribution in [0.2, 0.25) is 0 Å². The highest BCUT2D eigenvalue weighted by Crippen LogP contribution is 2.36. The molecule has 0 aliphatic heterocycles. The predicted molar refractivity (Wildman–Crippen MR) is 140 cm³/mol. The molecule has 0 atom stereocenters. The third kappa shape index (κ3) is 5.35. The van der Waals surface area contributed by atoms with Gasteiger partial charge in [-0.25, -0.2) is 13.2 Å². The van der Waals surface area contributed by atoms with E-state index in [2.05, 4.69) is 5.32 Å². The standard InChI is InChI=1S/C25H30N4O6S/c1-25(2,3)20-15-18(29-13-12-21(30)27(4)24(29)32)14-19(22(20)35-6)23(31)26-16-8-10-17(11-9-16)28(5)36(7,33)34/h8-15H,1-7H3,(H,26,31). The molecule has 36 heavy (non-hydrogen) atoms. The summed E-state index contributed by atoms with van der Waals surface area (Å²) < 4.78 is 32.6. The summed E-state index contributed by atoms with van der Waals surface area (Å²) in [5, 5.41) is 2.80. The van der Waals surface area contributed by atoms with Crippen molar-refractivity contribution < 1.29 is 17.9 Å². The second kappa shape index (κ2) is 9.65. The van der Waals surface area contributed by atoms with Crippen LogP contribution in [0.15, 0.2) is 58.3 Å². The lowest BCUT2D eigenvalue weighted by Crippen LogP contribution is -2.36. The lowest BCUT2D eigenvalue weighted by molar-refractivity contribution is 0.102. The van der Waals surface area contributed by atoms with Gasteiger partial charge < -0.3 is 10.1 Å². The third-order valence-corrected chi connectivity index (χ3v) is 6.99. The van der Waals surface area contributed by atoms with Crippen LogP contribution in [0.25, 0.3) is 5.69 Å². The minimum absolute atomic E-state index is 0.193. The van der Waals surface area contributed by atoms with Gasteiger partial charge in [-0.2, -0.15) is 0 Å². The number of rotatable bonds is 6. The molecule has 192 valence electrons. The lowest BCUT2D eigenvalue weighted by atomic mass is 9.84. The second-order valence-electron chi connectivity index (χ2n) is 9.42. The molecule has 1 amide bonds. The van der Waals surface area contributed by atoms with Crippen molar-refractivity contribution >= 4 is 27.3 Å². The Bertz CT molecular complexity index is 1530. The van der Waals surface area contributed by atoms with Crippen molar-refractivity contribution in [3.63, 3.8) is 0 Å². The molecule has 1 aromatic heterocycles. The number of hydrogen-bond donors (Lipinski definition) is 1. The number of nitrogens with one attached hydrogen (secondary N) is 1. The van der Waals surface area contributed by atoms with Gasteiger partial charge in [0.2, 0.25) is 10.0 Å². The smallest absolute Gasteiger partial charge is 0.335 e. The summed E-state index contributed by atoms with van der Waals surface area (Å²) in [6, 6.07) is 10.9. The zero-order valence-electron chi connectivity index (χ0n) is 21.3. The van der Waals surface area contributed by atoms with Gasteiger partial charge in [-0.15, -0.1) is 0 Å². The first kappa shape index (κ1) is 26.7. The number of ether oxygens (including phenoxy) is 1. The summed E-state index contributed by atoms with van der Waals surface area (Å²) in [5.74, 6) is -0.128. The fourth-order valence-corrected chi connectivity index (χ4v) is 4.11. The molecule has 1 heterocycles. The fraction of sp³-hybridized carbons (Fsp3) is 0.320. The summed E-state index contributed by atoms with van der Waals surface area (Å²) in [4.78, 5) is 38.1. The molecule has 0 bridgehead atoms. The Labute approximate surface area is 209 Å². The Morgan fingerprint density at radius 2 is 1.67 bits per heavy atom. The Hall–Kier alpha value is -3.86. The van der Waals surface area contributed by atoms with Crippen LogP contribution < -0.4 is 25.6 Å². The molecule has 11 heteroatoms. The number of nitrogens with zero attached hydrogens (tertiary/aromatic N) is 3. The number of benzene rings is 2. The van der Waals surface area contributed by atoms with Crippen LogP contribution in [0.4, 0.5) is 11.4 Å². The van der Waals surface area contributed by atoms with Gasteiger partial charge in [0.25, 0.3) is 11.5 Å². The zero-order chi connectivity index (χ0) is 27.0. The van der Waals surface area contributed by atoms with E-state index in [1.54, 1.807) is 30.3 Å². The normalized spacial score (nSPS) is 11.8. The van der Waals surface area contributed by atoms with Crippen LogP contribution in [0.3, 0.4) is 0 Å². The van der Waals surface area contributed by atoms with Gasteiger partial charge in [-0.1, -0.05) is 20.8 Å². The van der Waals surface area contributed by atoms with Crippen LogP contribution in [0.5, 0.6) is 5.75 Å². The summed E-state index contributed by atoms with van der Waals surface area (Å²) >= 11 is 0. The minimum atomic E-state index is -3.42. The van der Waals surface area contributed by atoms with Gasteiger partial charge in [0.05, 0.1) is 30.3 Å². The summed E-state index contributed by atoms with van der Waals surface area (Å²) in [5.41, 5.74) is 0.730. The number of methoxy groups -OCH3 is 1. The van der Waals surface area contributed by atoms with Crippen LogP contribution in [0, 0.1) is 0 Å². The predicted octanol–water partition coefficient (Wildman–Crippen LogP) is 2.49. The second-order valence-corrected chi connectivity index (χ2v) is 11.4. The van der Waals surface area contributed by atoms with Crippen molar-refractivity contribution in [2.24, 2.45) is 7.05 Å². The Kier molecular flexibility index (Phi) is 7.17. The average molecular weight is 515 g/mol. The quantitative estimate of drug-likeness (QED) is 0.540. The molecule has 10 nitrogen and oxygen atoms in total. The summed E-state index contributed by atoms with van der Waals surface area (Å²) in [6.45, 7) is 5.87. The number of sulfonamides is 1. The largest absolute Gasteiger partial charge is 0.496 e. The highest BCUT2D eigenvalue weighted by Gasteiger charge is 2.26. The topological polar surface area (TPSA) is 120 Å². The molecule has 0 spiro atoms. The maximum absolute atomic E-state index is 13.4. The molecule has 3 aromatic rings. The number of anilines is 2. The molecular weight excluding hydrogens is 484 g/mol. The van der Waals surface area contributed by atoms with E-state index >= 15 is 0 Å². The fourth-order valence-electron chi connectivity index (χ4n) is 3.61. The molecule has 0 aliphatic rings. The lowest BCUT2D eigenvalue weighted by Gasteiger charge is -2.25. The molecule has 3 rings (SSSR count). The van der Waals surface area contributed by atoms with Gasteiger partial charge in [0.1, 0.15) is 5.75 Å². The van der Waals surface area contributed by atoms with E-state index in [9.17, 15) is 22.8 Å². The maximum Gasteiger partial charge on any atom is 0.335 e. The number of carbonyl (C=O) groups is 1. The van der Waals surface area contributed by atoms with Gasteiger partial charge in [0.15, 0.2) is 0 Å². The van der Waals surface area contributed by atoms with E-state index < -0.39 is 32.6 Å². The number of aromatic nitrogens is 2. The Balaban J connectivity index is 2.11. The first-order valence-electron chi connectivity index (χ1n) is 11.0. The van der Waals surface area contributed by atoms with Gasteiger partial charge in [0, 0.05) is 37.6 Å². The Morgan fingerprint density at radius 1 is 1.06 bits per heavy atom. The first-order valence-corrected chi connectivity index (χ1v) is 12.9. The molecular formula is C25H30N4O6S. The monoisotopic (exact) mass is 514 g/mol. The minimum Gasteiger partial charge on any atom is -0.496 e. The van der Waals surface area contributed by atoms with Gasteiger partial charge in [-0.3, -0.25) is 23.0 Å². The number of carbonyl (C=O) groups excluding carboxylic acids is 1. The molecule has 0 radical (unpaired) electrons. The number of amides is 1.